The molecular formula is C18H16ClN3O3S2. The monoisotopic (exact) mass is 421 g/mol. The fraction of sp³-hybridized carbons (Fsp3) is 0.167. The number of anilines is 1. The number of carbonyl (C=O) groups is 1. The highest BCUT2D eigenvalue weighted by Gasteiger charge is 2.12. The quantitative estimate of drug-likeness (QED) is 0.591. The van der Waals surface area contributed by atoms with E-state index in [1.54, 1.807) is 43.5 Å². The van der Waals surface area contributed by atoms with Crippen LogP contribution in [0.1, 0.15) is 17.3 Å². The molecule has 0 bridgehead atoms. The summed E-state index contributed by atoms with van der Waals surface area (Å²) in [6.45, 7) is 2.41. The van der Waals surface area contributed by atoms with E-state index in [1.165, 1.54) is 11.3 Å². The number of methoxy groups -OCH3 is 1. The maximum atomic E-state index is 12.4. The van der Waals surface area contributed by atoms with E-state index < -0.39 is 0 Å². The van der Waals surface area contributed by atoms with E-state index in [9.17, 15) is 4.79 Å². The maximum Gasteiger partial charge on any atom is 0.257 e. The SMILES string of the molecule is CCOc1cccc(C(=O)NC(=S)Nc2nc3cc(Cl)c(OC)cc3s2)c1. The second-order valence-corrected chi connectivity index (χ2v) is 7.19. The third-order valence-electron chi connectivity index (χ3n) is 3.52. The van der Waals surface area contributed by atoms with E-state index >= 15 is 0 Å². The minimum absolute atomic E-state index is 0.152. The van der Waals surface area contributed by atoms with Gasteiger partial charge in [-0.25, -0.2) is 4.98 Å². The van der Waals surface area contributed by atoms with Crippen LogP contribution in [0.25, 0.3) is 10.2 Å². The van der Waals surface area contributed by atoms with Gasteiger partial charge in [0.15, 0.2) is 10.2 Å². The summed E-state index contributed by atoms with van der Waals surface area (Å²) in [4.78, 5) is 16.8. The molecule has 140 valence electrons. The van der Waals surface area contributed by atoms with E-state index in [4.69, 9.17) is 33.3 Å². The Labute approximate surface area is 170 Å². The zero-order valence-electron chi connectivity index (χ0n) is 14.5. The molecule has 0 aliphatic carbocycles. The molecule has 0 saturated carbocycles. The minimum atomic E-state index is -0.333. The van der Waals surface area contributed by atoms with Crippen molar-refractivity contribution in [3.63, 3.8) is 0 Å². The molecule has 3 aromatic rings. The van der Waals surface area contributed by atoms with Crippen LogP contribution in [0.4, 0.5) is 5.13 Å². The van der Waals surface area contributed by atoms with Crippen LogP contribution in [0, 0.1) is 0 Å². The van der Waals surface area contributed by atoms with Crippen LogP contribution in [-0.2, 0) is 0 Å². The average molecular weight is 422 g/mol. The summed E-state index contributed by atoms with van der Waals surface area (Å²) in [5.41, 5.74) is 1.16. The fourth-order valence-electron chi connectivity index (χ4n) is 2.34. The second kappa shape index (κ2) is 8.51. The summed E-state index contributed by atoms with van der Waals surface area (Å²) in [6, 6.07) is 10.4. The molecule has 0 radical (unpaired) electrons. The highest BCUT2D eigenvalue weighted by atomic mass is 35.5. The van der Waals surface area contributed by atoms with Gasteiger partial charge in [-0.1, -0.05) is 29.0 Å². The van der Waals surface area contributed by atoms with E-state index in [1.807, 2.05) is 6.92 Å². The van der Waals surface area contributed by atoms with Crippen molar-refractivity contribution >= 4 is 61.5 Å². The number of benzene rings is 2. The summed E-state index contributed by atoms with van der Waals surface area (Å²) >= 11 is 12.7. The molecule has 27 heavy (non-hydrogen) atoms. The lowest BCUT2D eigenvalue weighted by molar-refractivity contribution is 0.0977. The molecule has 1 amide bonds. The van der Waals surface area contributed by atoms with Gasteiger partial charge in [0.2, 0.25) is 0 Å². The Bertz CT molecular complexity index is 1010. The second-order valence-electron chi connectivity index (χ2n) is 5.34. The Balaban J connectivity index is 1.69. The van der Waals surface area contributed by atoms with E-state index in [0.29, 0.717) is 39.3 Å². The summed E-state index contributed by atoms with van der Waals surface area (Å²) < 4.78 is 11.5. The first-order chi connectivity index (χ1) is 13.0. The van der Waals surface area contributed by atoms with Crippen LogP contribution in [-0.4, -0.2) is 29.7 Å². The van der Waals surface area contributed by atoms with Crippen molar-refractivity contribution in [1.82, 2.24) is 10.3 Å². The molecule has 0 fully saturated rings. The van der Waals surface area contributed by atoms with Crippen LogP contribution in [0.3, 0.4) is 0 Å². The molecule has 1 aromatic heterocycles. The first-order valence-electron chi connectivity index (χ1n) is 7.99. The van der Waals surface area contributed by atoms with Crippen molar-refractivity contribution in [2.24, 2.45) is 0 Å². The Morgan fingerprint density at radius 3 is 2.89 bits per heavy atom. The fourth-order valence-corrected chi connectivity index (χ4v) is 3.71. The van der Waals surface area contributed by atoms with Gasteiger partial charge in [0.05, 0.1) is 29.0 Å². The molecule has 0 aliphatic heterocycles. The van der Waals surface area contributed by atoms with Gasteiger partial charge in [0, 0.05) is 11.6 Å². The molecule has 2 N–H and O–H groups in total. The van der Waals surface area contributed by atoms with Crippen LogP contribution in [0.5, 0.6) is 11.5 Å². The Kier molecular flexibility index (Phi) is 6.10. The minimum Gasteiger partial charge on any atom is -0.495 e. The predicted molar refractivity (Wildman–Crippen MR) is 112 cm³/mol. The summed E-state index contributed by atoms with van der Waals surface area (Å²) in [5, 5.41) is 6.73. The van der Waals surface area contributed by atoms with Gasteiger partial charge in [-0.05, 0) is 43.4 Å². The molecule has 0 saturated heterocycles. The van der Waals surface area contributed by atoms with Crippen molar-refractivity contribution < 1.29 is 14.3 Å². The number of halogens is 1. The molecule has 6 nitrogen and oxygen atoms in total. The van der Waals surface area contributed by atoms with E-state index in [0.717, 1.165) is 4.70 Å². The number of amides is 1. The number of thiazole rings is 1. The molecule has 1 heterocycles. The number of carbonyl (C=O) groups excluding carboxylic acids is 1. The van der Waals surface area contributed by atoms with E-state index in [2.05, 4.69) is 15.6 Å². The van der Waals surface area contributed by atoms with Crippen LogP contribution in [0.2, 0.25) is 5.02 Å². The average Bonchev–Trinajstić information content (AvgIpc) is 3.02. The third-order valence-corrected chi connectivity index (χ3v) is 4.95. The van der Waals surface area contributed by atoms with Gasteiger partial charge in [0.1, 0.15) is 11.5 Å². The zero-order chi connectivity index (χ0) is 19.4. The number of rotatable bonds is 5. The standard InChI is InChI=1S/C18H16ClN3O3S2/c1-3-25-11-6-4-5-10(7-11)16(23)21-17(26)22-18-20-13-8-12(19)14(24-2)9-15(13)27-18/h4-9H,3H2,1-2H3,(H2,20,21,22,23,26). The number of ether oxygens (including phenoxy) is 2. The Morgan fingerprint density at radius 2 is 2.15 bits per heavy atom. The van der Waals surface area contributed by atoms with Gasteiger partial charge in [-0.2, -0.15) is 0 Å². The molecular weight excluding hydrogens is 406 g/mol. The Morgan fingerprint density at radius 1 is 1.33 bits per heavy atom. The topological polar surface area (TPSA) is 72.5 Å². The zero-order valence-corrected chi connectivity index (χ0v) is 16.9. The highest BCUT2D eigenvalue weighted by molar-refractivity contribution is 7.80. The lowest BCUT2D eigenvalue weighted by atomic mass is 10.2. The highest BCUT2D eigenvalue weighted by Crippen LogP contribution is 2.34. The van der Waals surface area contributed by atoms with Gasteiger partial charge in [-0.15, -0.1) is 0 Å². The number of nitrogens with one attached hydrogen (secondary N) is 2. The lowest BCUT2D eigenvalue weighted by Gasteiger charge is -2.08. The Hall–Kier alpha value is -2.42. The van der Waals surface area contributed by atoms with Crippen molar-refractivity contribution in [3.05, 3.63) is 47.0 Å². The van der Waals surface area contributed by atoms with Crippen molar-refractivity contribution in [1.29, 1.82) is 0 Å². The molecule has 3 rings (SSSR count). The summed E-state index contributed by atoms with van der Waals surface area (Å²) in [5.74, 6) is 0.866. The van der Waals surface area contributed by atoms with Gasteiger partial charge < -0.3 is 14.8 Å². The molecule has 2 aromatic carbocycles. The maximum absolute atomic E-state index is 12.4. The number of fused-ring (bicyclic) bond motifs is 1. The molecule has 0 aliphatic rings. The number of aromatic nitrogens is 1. The van der Waals surface area contributed by atoms with Crippen LogP contribution in [0.15, 0.2) is 36.4 Å². The largest absolute Gasteiger partial charge is 0.495 e. The summed E-state index contributed by atoms with van der Waals surface area (Å²) in [6.07, 6.45) is 0. The number of hydrogen-bond donors (Lipinski definition) is 2. The van der Waals surface area contributed by atoms with Gasteiger partial charge >= 0.3 is 0 Å². The normalized spacial score (nSPS) is 10.5. The summed E-state index contributed by atoms with van der Waals surface area (Å²) in [7, 11) is 1.55. The van der Waals surface area contributed by atoms with Gasteiger partial charge in [0.25, 0.3) is 5.91 Å². The van der Waals surface area contributed by atoms with Crippen molar-refractivity contribution in [2.45, 2.75) is 6.92 Å². The molecule has 9 heteroatoms. The first kappa shape index (κ1) is 19.3. The van der Waals surface area contributed by atoms with E-state index in [-0.39, 0.29) is 11.0 Å². The van der Waals surface area contributed by atoms with Crippen LogP contribution < -0.4 is 20.1 Å². The third kappa shape index (κ3) is 4.65. The van der Waals surface area contributed by atoms with Crippen LogP contribution >= 0.6 is 35.2 Å². The number of thiocarbonyl (C=S) groups is 1. The smallest absolute Gasteiger partial charge is 0.257 e. The first-order valence-corrected chi connectivity index (χ1v) is 9.59. The lowest BCUT2D eigenvalue weighted by Crippen LogP contribution is -2.34. The number of nitrogens with zero attached hydrogens (tertiary/aromatic N) is 1. The van der Waals surface area contributed by atoms with Gasteiger partial charge in [-0.3, -0.25) is 10.1 Å². The van der Waals surface area contributed by atoms with Crippen molar-refractivity contribution in [3.8, 4) is 11.5 Å². The number of hydrogen-bond acceptors (Lipinski definition) is 6. The van der Waals surface area contributed by atoms with Crippen molar-refractivity contribution in [2.75, 3.05) is 19.0 Å². The molecule has 0 spiro atoms. The molecule has 0 atom stereocenters. The predicted octanol–water partition coefficient (Wildman–Crippen LogP) is 4.48. The molecule has 0 unspecified atom stereocenters.